The molecule has 0 spiro atoms. The highest BCUT2D eigenvalue weighted by atomic mass is 16.5. The number of benzene rings is 1. The smallest absolute Gasteiger partial charge is 0.119 e. The molecule has 0 aromatic heterocycles. The van der Waals surface area contributed by atoms with Crippen molar-refractivity contribution in [1.82, 2.24) is 4.90 Å². The van der Waals surface area contributed by atoms with Crippen LogP contribution in [0.25, 0.3) is 0 Å². The molecule has 1 saturated carbocycles. The predicted octanol–water partition coefficient (Wildman–Crippen LogP) is 2.09. The van der Waals surface area contributed by atoms with E-state index >= 15 is 0 Å². The molecule has 0 amide bonds. The molecule has 2 unspecified atom stereocenters. The van der Waals surface area contributed by atoms with Gasteiger partial charge in [0.2, 0.25) is 0 Å². The van der Waals surface area contributed by atoms with Crippen LogP contribution in [-0.4, -0.2) is 32.1 Å². The first-order valence-corrected chi connectivity index (χ1v) is 7.18. The summed E-state index contributed by atoms with van der Waals surface area (Å²) in [6.07, 6.45) is 1.36. The van der Waals surface area contributed by atoms with E-state index in [-0.39, 0.29) is 0 Å². The molecule has 1 aliphatic carbocycles. The minimum Gasteiger partial charge on any atom is -0.497 e. The molecule has 0 saturated heterocycles. The summed E-state index contributed by atoms with van der Waals surface area (Å²) in [5, 5.41) is 0. The maximum absolute atomic E-state index is 5.46. The summed E-state index contributed by atoms with van der Waals surface area (Å²) < 4.78 is 5.31. The average Bonchev–Trinajstić information content (AvgIpc) is 3.12. The van der Waals surface area contributed by atoms with Gasteiger partial charge in [0, 0.05) is 18.7 Å². The number of rotatable bonds is 5. The molecule has 3 heteroatoms. The summed E-state index contributed by atoms with van der Waals surface area (Å²) in [5.74, 6) is 8.72. The Hall–Kier alpha value is -1.50. The van der Waals surface area contributed by atoms with Gasteiger partial charge in [-0.2, -0.15) is 0 Å². The fraction of sp³-hybridized carbons (Fsp3) is 0.529. The third-order valence-electron chi connectivity index (χ3n) is 3.90. The van der Waals surface area contributed by atoms with Crippen molar-refractivity contribution >= 4 is 0 Å². The Morgan fingerprint density at radius 2 is 2.20 bits per heavy atom. The zero-order valence-electron chi connectivity index (χ0n) is 12.6. The molecule has 108 valence electrons. The highest BCUT2D eigenvalue weighted by Gasteiger charge is 2.33. The zero-order valence-corrected chi connectivity index (χ0v) is 12.6. The minimum atomic E-state index is 0.390. The van der Waals surface area contributed by atoms with Gasteiger partial charge >= 0.3 is 0 Å². The van der Waals surface area contributed by atoms with E-state index in [0.717, 1.165) is 36.2 Å². The summed E-state index contributed by atoms with van der Waals surface area (Å²) in [5.41, 5.74) is 7.72. The van der Waals surface area contributed by atoms with E-state index in [1.165, 1.54) is 12.0 Å². The summed E-state index contributed by atoms with van der Waals surface area (Å²) in [4.78, 5) is 2.37. The number of nitrogens with zero attached hydrogens (tertiary/aromatic N) is 1. The van der Waals surface area contributed by atoms with Crippen molar-refractivity contribution in [3.63, 3.8) is 0 Å². The molecule has 0 radical (unpaired) electrons. The highest BCUT2D eigenvalue weighted by molar-refractivity contribution is 5.45. The van der Waals surface area contributed by atoms with Crippen molar-refractivity contribution in [3.8, 4) is 17.6 Å². The SMILES string of the molecule is COc1ccc(C#CCN)c(CN(C)CC2CC2C)c1. The molecule has 0 bridgehead atoms. The first kappa shape index (κ1) is 14.9. The summed E-state index contributed by atoms with van der Waals surface area (Å²) in [6, 6.07) is 6.05. The van der Waals surface area contributed by atoms with Crippen LogP contribution in [0.1, 0.15) is 24.5 Å². The predicted molar refractivity (Wildman–Crippen MR) is 82.5 cm³/mol. The number of hydrogen-bond acceptors (Lipinski definition) is 3. The van der Waals surface area contributed by atoms with Crippen LogP contribution in [0.2, 0.25) is 0 Å². The number of methoxy groups -OCH3 is 1. The van der Waals surface area contributed by atoms with Gasteiger partial charge in [-0.3, -0.25) is 0 Å². The van der Waals surface area contributed by atoms with Crippen molar-refractivity contribution in [3.05, 3.63) is 29.3 Å². The lowest BCUT2D eigenvalue weighted by atomic mass is 10.1. The molecular weight excluding hydrogens is 248 g/mol. The number of ether oxygens (including phenoxy) is 1. The van der Waals surface area contributed by atoms with Gasteiger partial charge < -0.3 is 15.4 Å². The van der Waals surface area contributed by atoms with Crippen LogP contribution < -0.4 is 10.5 Å². The highest BCUT2D eigenvalue weighted by Crippen LogP contribution is 2.38. The van der Waals surface area contributed by atoms with Crippen molar-refractivity contribution in [2.24, 2.45) is 17.6 Å². The van der Waals surface area contributed by atoms with E-state index in [4.69, 9.17) is 10.5 Å². The maximum Gasteiger partial charge on any atom is 0.119 e. The molecule has 2 atom stereocenters. The van der Waals surface area contributed by atoms with Crippen LogP contribution in [0.4, 0.5) is 0 Å². The molecule has 2 N–H and O–H groups in total. The second-order valence-electron chi connectivity index (χ2n) is 5.70. The molecule has 20 heavy (non-hydrogen) atoms. The van der Waals surface area contributed by atoms with Crippen molar-refractivity contribution in [1.29, 1.82) is 0 Å². The standard InChI is InChI=1S/C17H24N2O/c1-13-9-15(13)11-19(2)12-16-10-17(20-3)7-6-14(16)5-4-8-18/h6-7,10,13,15H,8-9,11-12,18H2,1-3H3. The second-order valence-corrected chi connectivity index (χ2v) is 5.70. The van der Waals surface area contributed by atoms with Crippen LogP contribution >= 0.6 is 0 Å². The molecule has 3 nitrogen and oxygen atoms in total. The Bertz CT molecular complexity index is 515. The summed E-state index contributed by atoms with van der Waals surface area (Å²) in [7, 11) is 3.87. The third-order valence-corrected chi connectivity index (χ3v) is 3.90. The fourth-order valence-electron chi connectivity index (χ4n) is 2.51. The first-order chi connectivity index (χ1) is 9.63. The Morgan fingerprint density at radius 3 is 2.80 bits per heavy atom. The normalized spacial score (nSPS) is 20.4. The van der Waals surface area contributed by atoms with Crippen LogP contribution in [0, 0.1) is 23.7 Å². The quantitative estimate of drug-likeness (QED) is 0.834. The van der Waals surface area contributed by atoms with Crippen LogP contribution in [0.3, 0.4) is 0 Å². The fourth-order valence-corrected chi connectivity index (χ4v) is 2.51. The van der Waals surface area contributed by atoms with Gasteiger partial charge in [-0.1, -0.05) is 18.8 Å². The van der Waals surface area contributed by atoms with E-state index in [1.807, 2.05) is 12.1 Å². The van der Waals surface area contributed by atoms with E-state index < -0.39 is 0 Å². The van der Waals surface area contributed by atoms with Crippen LogP contribution in [-0.2, 0) is 6.54 Å². The monoisotopic (exact) mass is 272 g/mol. The summed E-state index contributed by atoms with van der Waals surface area (Å²) in [6.45, 7) is 4.76. The van der Waals surface area contributed by atoms with Gasteiger partial charge in [-0.15, -0.1) is 0 Å². The Kier molecular flexibility index (Phi) is 5.05. The van der Waals surface area contributed by atoms with Crippen molar-refractivity contribution in [2.75, 3.05) is 27.2 Å². The molecule has 1 aliphatic rings. The van der Waals surface area contributed by atoms with Crippen LogP contribution in [0.15, 0.2) is 18.2 Å². The lowest BCUT2D eigenvalue weighted by Crippen LogP contribution is -2.21. The molecule has 1 fully saturated rings. The lowest BCUT2D eigenvalue weighted by Gasteiger charge is -2.18. The van der Waals surface area contributed by atoms with Gasteiger partial charge in [-0.05, 0) is 49.1 Å². The number of hydrogen-bond donors (Lipinski definition) is 1. The Balaban J connectivity index is 2.10. The molecule has 0 heterocycles. The van der Waals surface area contributed by atoms with Crippen molar-refractivity contribution < 1.29 is 4.74 Å². The molecule has 1 aromatic carbocycles. The van der Waals surface area contributed by atoms with E-state index in [9.17, 15) is 0 Å². The van der Waals surface area contributed by atoms with Gasteiger partial charge in [0.05, 0.1) is 13.7 Å². The Morgan fingerprint density at radius 1 is 1.45 bits per heavy atom. The minimum absolute atomic E-state index is 0.390. The average molecular weight is 272 g/mol. The molecule has 1 aromatic rings. The van der Waals surface area contributed by atoms with Gasteiger partial charge in [0.1, 0.15) is 5.75 Å². The van der Waals surface area contributed by atoms with Gasteiger partial charge in [0.15, 0.2) is 0 Å². The number of nitrogens with two attached hydrogens (primary N) is 1. The van der Waals surface area contributed by atoms with E-state index in [0.29, 0.717) is 6.54 Å². The van der Waals surface area contributed by atoms with Crippen molar-refractivity contribution in [2.45, 2.75) is 19.9 Å². The topological polar surface area (TPSA) is 38.5 Å². The zero-order chi connectivity index (χ0) is 14.5. The van der Waals surface area contributed by atoms with E-state index in [1.54, 1.807) is 7.11 Å². The lowest BCUT2D eigenvalue weighted by molar-refractivity contribution is 0.306. The van der Waals surface area contributed by atoms with Gasteiger partial charge in [0.25, 0.3) is 0 Å². The third kappa shape index (κ3) is 4.00. The van der Waals surface area contributed by atoms with Gasteiger partial charge in [-0.25, -0.2) is 0 Å². The molecule has 0 aliphatic heterocycles. The largest absolute Gasteiger partial charge is 0.497 e. The summed E-state index contributed by atoms with van der Waals surface area (Å²) >= 11 is 0. The van der Waals surface area contributed by atoms with Crippen LogP contribution in [0.5, 0.6) is 5.75 Å². The first-order valence-electron chi connectivity index (χ1n) is 7.18. The molecule has 2 rings (SSSR count). The Labute approximate surface area is 122 Å². The second kappa shape index (κ2) is 6.78. The van der Waals surface area contributed by atoms with E-state index in [2.05, 4.69) is 36.8 Å². The maximum atomic E-state index is 5.46. The molecular formula is C17H24N2O.